The highest BCUT2D eigenvalue weighted by Gasteiger charge is 2.10. The van der Waals surface area contributed by atoms with Gasteiger partial charge in [0.05, 0.1) is 12.8 Å². The molecular weight excluding hydrogens is 247 g/mol. The number of rotatable bonds is 7. The van der Waals surface area contributed by atoms with Crippen LogP contribution in [-0.2, 0) is 4.79 Å². The maximum atomic E-state index is 13.5. The minimum atomic E-state index is -0.468. The molecule has 0 saturated carbocycles. The molecule has 0 aliphatic heterocycles. The zero-order valence-corrected chi connectivity index (χ0v) is 11.4. The smallest absolute Gasteiger partial charge is 0.224 e. The van der Waals surface area contributed by atoms with E-state index in [4.69, 9.17) is 10.5 Å². The maximum Gasteiger partial charge on any atom is 0.224 e. The first-order chi connectivity index (χ1) is 9.06. The number of amides is 1. The van der Waals surface area contributed by atoms with Crippen molar-refractivity contribution in [1.82, 2.24) is 0 Å². The molecule has 3 N–H and O–H groups in total. The minimum Gasteiger partial charge on any atom is -0.497 e. The summed E-state index contributed by atoms with van der Waals surface area (Å²) in [7, 11) is 1.49. The van der Waals surface area contributed by atoms with Crippen LogP contribution in [0.1, 0.15) is 26.2 Å². The molecule has 0 fully saturated rings. The van der Waals surface area contributed by atoms with Crippen LogP contribution in [0.15, 0.2) is 18.2 Å². The fourth-order valence-electron chi connectivity index (χ4n) is 1.75. The van der Waals surface area contributed by atoms with Gasteiger partial charge in [0.2, 0.25) is 5.91 Å². The van der Waals surface area contributed by atoms with Crippen molar-refractivity contribution in [2.75, 3.05) is 19.0 Å². The van der Waals surface area contributed by atoms with Gasteiger partial charge in [0.1, 0.15) is 11.6 Å². The zero-order chi connectivity index (χ0) is 14.3. The van der Waals surface area contributed by atoms with Gasteiger partial charge in [0.25, 0.3) is 0 Å². The molecule has 5 heteroatoms. The summed E-state index contributed by atoms with van der Waals surface area (Å²) >= 11 is 0. The highest BCUT2D eigenvalue weighted by atomic mass is 19.1. The van der Waals surface area contributed by atoms with Crippen molar-refractivity contribution in [3.05, 3.63) is 24.0 Å². The highest BCUT2D eigenvalue weighted by Crippen LogP contribution is 2.21. The third kappa shape index (κ3) is 5.26. The Morgan fingerprint density at radius 3 is 2.84 bits per heavy atom. The van der Waals surface area contributed by atoms with Crippen molar-refractivity contribution in [2.45, 2.75) is 26.2 Å². The van der Waals surface area contributed by atoms with E-state index in [2.05, 4.69) is 5.32 Å². The lowest BCUT2D eigenvalue weighted by Crippen LogP contribution is -2.15. The summed E-state index contributed by atoms with van der Waals surface area (Å²) in [5, 5.41) is 2.56. The third-order valence-electron chi connectivity index (χ3n) is 2.97. The van der Waals surface area contributed by atoms with Crippen molar-refractivity contribution in [1.29, 1.82) is 0 Å². The van der Waals surface area contributed by atoms with Gasteiger partial charge in [0.15, 0.2) is 0 Å². The number of hydrogen-bond acceptors (Lipinski definition) is 3. The number of nitrogens with two attached hydrogens (primary N) is 1. The van der Waals surface area contributed by atoms with E-state index < -0.39 is 5.82 Å². The van der Waals surface area contributed by atoms with Crippen molar-refractivity contribution in [2.24, 2.45) is 11.7 Å². The number of carbonyl (C=O) groups excluding carboxylic acids is 1. The van der Waals surface area contributed by atoms with Crippen molar-refractivity contribution >= 4 is 11.6 Å². The number of halogens is 1. The maximum absolute atomic E-state index is 13.5. The van der Waals surface area contributed by atoms with Gasteiger partial charge in [0, 0.05) is 12.5 Å². The Hall–Kier alpha value is -1.62. The third-order valence-corrected chi connectivity index (χ3v) is 2.97. The largest absolute Gasteiger partial charge is 0.497 e. The average molecular weight is 268 g/mol. The van der Waals surface area contributed by atoms with E-state index in [-0.39, 0.29) is 11.6 Å². The average Bonchev–Trinajstić information content (AvgIpc) is 2.39. The molecule has 0 heterocycles. The molecule has 1 atom stereocenters. The Kier molecular flexibility index (Phi) is 6.29. The molecule has 0 spiro atoms. The Labute approximate surface area is 113 Å². The highest BCUT2D eigenvalue weighted by molar-refractivity contribution is 5.91. The molecule has 4 nitrogen and oxygen atoms in total. The van der Waals surface area contributed by atoms with E-state index in [1.165, 1.54) is 25.3 Å². The molecule has 1 rings (SSSR count). The Bertz CT molecular complexity index is 424. The molecule has 1 aromatic carbocycles. The van der Waals surface area contributed by atoms with Gasteiger partial charge in [-0.3, -0.25) is 4.79 Å². The number of ether oxygens (including phenoxy) is 1. The fraction of sp³-hybridized carbons (Fsp3) is 0.500. The standard InChI is InChI=1S/C14H21FN2O2/c1-10(7-8-16)3-6-14(18)17-13-9-11(19-2)4-5-12(13)15/h4-5,9-10H,3,6-8,16H2,1-2H3,(H,17,18). The van der Waals surface area contributed by atoms with E-state index in [1.807, 2.05) is 6.92 Å². The molecule has 0 saturated heterocycles. The van der Waals surface area contributed by atoms with Crippen LogP contribution in [-0.4, -0.2) is 19.6 Å². The fourth-order valence-corrected chi connectivity index (χ4v) is 1.75. The van der Waals surface area contributed by atoms with Gasteiger partial charge in [-0.05, 0) is 37.4 Å². The second kappa shape index (κ2) is 7.74. The lowest BCUT2D eigenvalue weighted by Gasteiger charge is -2.11. The van der Waals surface area contributed by atoms with Crippen molar-refractivity contribution in [3.63, 3.8) is 0 Å². The van der Waals surface area contributed by atoms with E-state index >= 15 is 0 Å². The Balaban J connectivity index is 2.52. The van der Waals surface area contributed by atoms with E-state index in [9.17, 15) is 9.18 Å². The number of anilines is 1. The van der Waals surface area contributed by atoms with Crippen LogP contribution >= 0.6 is 0 Å². The SMILES string of the molecule is COc1ccc(F)c(NC(=O)CCC(C)CCN)c1. The predicted molar refractivity (Wildman–Crippen MR) is 73.7 cm³/mol. The molecule has 0 aliphatic rings. The molecule has 0 aromatic heterocycles. The lowest BCUT2D eigenvalue weighted by molar-refractivity contribution is -0.116. The molecule has 1 amide bonds. The summed E-state index contributed by atoms with van der Waals surface area (Å²) in [6, 6.07) is 4.25. The van der Waals surface area contributed by atoms with Crippen molar-refractivity contribution in [3.8, 4) is 5.75 Å². The molecule has 1 unspecified atom stereocenters. The van der Waals surface area contributed by atoms with Gasteiger partial charge in [-0.1, -0.05) is 6.92 Å². The molecule has 0 radical (unpaired) electrons. The van der Waals surface area contributed by atoms with Crippen LogP contribution in [0.3, 0.4) is 0 Å². The molecule has 106 valence electrons. The minimum absolute atomic E-state index is 0.149. The molecule has 19 heavy (non-hydrogen) atoms. The van der Waals surface area contributed by atoms with Crippen LogP contribution in [0.2, 0.25) is 0 Å². The lowest BCUT2D eigenvalue weighted by atomic mass is 10.0. The van der Waals surface area contributed by atoms with Gasteiger partial charge < -0.3 is 15.8 Å². The van der Waals surface area contributed by atoms with Gasteiger partial charge >= 0.3 is 0 Å². The summed E-state index contributed by atoms with van der Waals surface area (Å²) in [6.07, 6.45) is 1.99. The van der Waals surface area contributed by atoms with Crippen molar-refractivity contribution < 1.29 is 13.9 Å². The van der Waals surface area contributed by atoms with Gasteiger partial charge in [-0.15, -0.1) is 0 Å². The number of carbonyl (C=O) groups is 1. The normalized spacial score (nSPS) is 12.0. The quantitative estimate of drug-likeness (QED) is 0.798. The summed E-state index contributed by atoms with van der Waals surface area (Å²) in [4.78, 5) is 11.7. The summed E-state index contributed by atoms with van der Waals surface area (Å²) < 4.78 is 18.5. The summed E-state index contributed by atoms with van der Waals surface area (Å²) in [5.74, 6) is 0.235. The van der Waals surface area contributed by atoms with Crippen LogP contribution in [0.25, 0.3) is 0 Å². The molecule has 0 bridgehead atoms. The first-order valence-electron chi connectivity index (χ1n) is 6.40. The van der Waals surface area contributed by atoms with Crippen LogP contribution in [0.4, 0.5) is 10.1 Å². The molecule has 1 aromatic rings. The summed E-state index contributed by atoms with van der Waals surface area (Å²) in [6.45, 7) is 2.67. The second-order valence-electron chi connectivity index (χ2n) is 4.62. The topological polar surface area (TPSA) is 64.3 Å². The summed E-state index contributed by atoms with van der Waals surface area (Å²) in [5.41, 5.74) is 5.60. The van der Waals surface area contributed by atoms with Crippen LogP contribution in [0.5, 0.6) is 5.75 Å². The van der Waals surface area contributed by atoms with Crippen LogP contribution in [0, 0.1) is 11.7 Å². The molecular formula is C14H21FN2O2. The van der Waals surface area contributed by atoms with Crippen LogP contribution < -0.4 is 15.8 Å². The first kappa shape index (κ1) is 15.4. The number of nitrogens with one attached hydrogen (secondary N) is 1. The zero-order valence-electron chi connectivity index (χ0n) is 11.4. The van der Waals surface area contributed by atoms with Gasteiger partial charge in [-0.25, -0.2) is 4.39 Å². The number of hydrogen-bond donors (Lipinski definition) is 2. The molecule has 0 aliphatic carbocycles. The predicted octanol–water partition coefficient (Wildman–Crippen LogP) is 2.54. The Morgan fingerprint density at radius 2 is 2.21 bits per heavy atom. The monoisotopic (exact) mass is 268 g/mol. The number of benzene rings is 1. The van der Waals surface area contributed by atoms with E-state index in [0.29, 0.717) is 24.6 Å². The second-order valence-corrected chi connectivity index (χ2v) is 4.62. The first-order valence-corrected chi connectivity index (χ1v) is 6.40. The van der Waals surface area contributed by atoms with E-state index in [0.717, 1.165) is 12.8 Å². The Morgan fingerprint density at radius 1 is 1.47 bits per heavy atom. The van der Waals surface area contributed by atoms with Gasteiger partial charge in [-0.2, -0.15) is 0 Å². The van der Waals surface area contributed by atoms with E-state index in [1.54, 1.807) is 0 Å². The number of methoxy groups -OCH3 is 1.